The highest BCUT2D eigenvalue weighted by Crippen LogP contribution is 2.28. The van der Waals surface area contributed by atoms with Crippen molar-refractivity contribution in [2.75, 3.05) is 12.8 Å². The SMILES string of the molecule is CNC(=O)C(Cc1ccccc1)N(Cc1c(Cl)cccc1Cl)C(=O)CSCc1cc(C)cc(C)c1. The number of carbonyl (C=O) groups is 2. The molecule has 0 radical (unpaired) electrons. The lowest BCUT2D eigenvalue weighted by Crippen LogP contribution is -2.50. The van der Waals surface area contributed by atoms with E-state index in [1.54, 1.807) is 30.1 Å². The highest BCUT2D eigenvalue weighted by Gasteiger charge is 2.30. The van der Waals surface area contributed by atoms with Crippen LogP contribution in [0.25, 0.3) is 0 Å². The van der Waals surface area contributed by atoms with Gasteiger partial charge in [0, 0.05) is 41.4 Å². The number of likely N-dealkylation sites (N-methyl/N-ethyl adjacent to an activating group) is 1. The number of aryl methyl sites for hydroxylation is 2. The van der Waals surface area contributed by atoms with Crippen molar-refractivity contribution < 1.29 is 9.59 Å². The number of nitrogens with zero attached hydrogens (tertiary/aromatic N) is 1. The summed E-state index contributed by atoms with van der Waals surface area (Å²) in [7, 11) is 1.58. The third kappa shape index (κ3) is 7.76. The number of thioether (sulfide) groups is 1. The third-order valence-corrected chi connectivity index (χ3v) is 7.38. The van der Waals surface area contributed by atoms with E-state index in [9.17, 15) is 9.59 Å². The molecule has 0 spiro atoms. The van der Waals surface area contributed by atoms with E-state index in [1.807, 2.05) is 30.3 Å². The van der Waals surface area contributed by atoms with Gasteiger partial charge in [0.2, 0.25) is 11.8 Å². The van der Waals surface area contributed by atoms with Crippen molar-refractivity contribution in [2.45, 2.75) is 38.6 Å². The second-order valence-corrected chi connectivity index (χ2v) is 10.3. The van der Waals surface area contributed by atoms with Gasteiger partial charge in [-0.3, -0.25) is 9.59 Å². The quantitative estimate of drug-likeness (QED) is 0.339. The van der Waals surface area contributed by atoms with Gasteiger partial charge in [0.25, 0.3) is 0 Å². The molecule has 0 heterocycles. The van der Waals surface area contributed by atoms with E-state index in [0.29, 0.717) is 27.8 Å². The minimum absolute atomic E-state index is 0.139. The lowest BCUT2D eigenvalue weighted by Gasteiger charge is -2.31. The molecule has 35 heavy (non-hydrogen) atoms. The molecule has 184 valence electrons. The number of nitrogens with one attached hydrogen (secondary N) is 1. The molecule has 2 amide bonds. The van der Waals surface area contributed by atoms with E-state index in [4.69, 9.17) is 23.2 Å². The Morgan fingerprint density at radius 1 is 0.914 bits per heavy atom. The van der Waals surface area contributed by atoms with Gasteiger partial charge in [-0.25, -0.2) is 0 Å². The molecule has 0 fully saturated rings. The Balaban J connectivity index is 1.86. The zero-order valence-corrected chi connectivity index (χ0v) is 22.5. The van der Waals surface area contributed by atoms with Crippen LogP contribution in [0.5, 0.6) is 0 Å². The number of amides is 2. The maximum atomic E-state index is 13.6. The molecule has 3 aromatic rings. The minimum atomic E-state index is -0.705. The Morgan fingerprint density at radius 3 is 2.14 bits per heavy atom. The Kier molecular flexibility index (Phi) is 10.1. The van der Waals surface area contributed by atoms with E-state index in [-0.39, 0.29) is 24.1 Å². The molecule has 0 aromatic heterocycles. The largest absolute Gasteiger partial charge is 0.357 e. The first-order chi connectivity index (χ1) is 16.8. The standard InChI is InChI=1S/C28H30Cl2N2O2S/c1-19-12-20(2)14-22(13-19)17-35-18-27(33)32(16-23-24(29)10-7-11-25(23)30)26(28(34)31-3)15-21-8-5-4-6-9-21/h4-14,26H,15-18H2,1-3H3,(H,31,34). The molecule has 1 atom stereocenters. The molecular formula is C28H30Cl2N2O2S. The van der Waals surface area contributed by atoms with Gasteiger partial charge >= 0.3 is 0 Å². The zero-order chi connectivity index (χ0) is 25.4. The van der Waals surface area contributed by atoms with Crippen molar-refractivity contribution in [2.24, 2.45) is 0 Å². The van der Waals surface area contributed by atoms with Gasteiger partial charge in [-0.1, -0.05) is 88.9 Å². The van der Waals surface area contributed by atoms with Crippen LogP contribution in [0.4, 0.5) is 0 Å². The predicted octanol–water partition coefficient (Wildman–Crippen LogP) is 6.23. The summed E-state index contributed by atoms with van der Waals surface area (Å²) in [6.07, 6.45) is 0.385. The molecule has 0 aliphatic carbocycles. The van der Waals surface area contributed by atoms with Crippen molar-refractivity contribution in [3.05, 3.63) is 105 Å². The topological polar surface area (TPSA) is 49.4 Å². The fraction of sp³-hybridized carbons (Fsp3) is 0.286. The molecule has 7 heteroatoms. The third-order valence-electron chi connectivity index (χ3n) is 5.68. The molecule has 1 N–H and O–H groups in total. The molecule has 0 aliphatic heterocycles. The molecule has 0 saturated heterocycles. The van der Waals surface area contributed by atoms with E-state index in [0.717, 1.165) is 5.56 Å². The molecule has 0 bridgehead atoms. The Hall–Kier alpha value is -2.47. The van der Waals surface area contributed by atoms with Crippen LogP contribution in [0.15, 0.2) is 66.7 Å². The molecule has 3 aromatic carbocycles. The first-order valence-electron chi connectivity index (χ1n) is 11.4. The average Bonchev–Trinajstić information content (AvgIpc) is 2.82. The number of halogens is 2. The van der Waals surface area contributed by atoms with Gasteiger partial charge in [0.1, 0.15) is 6.04 Å². The first-order valence-corrected chi connectivity index (χ1v) is 13.3. The number of hydrogen-bond acceptors (Lipinski definition) is 3. The number of carbonyl (C=O) groups excluding carboxylic acids is 2. The van der Waals surface area contributed by atoms with Gasteiger partial charge < -0.3 is 10.2 Å². The number of rotatable bonds is 10. The fourth-order valence-electron chi connectivity index (χ4n) is 4.07. The van der Waals surface area contributed by atoms with Gasteiger partial charge in [0.05, 0.1) is 5.75 Å². The van der Waals surface area contributed by atoms with Crippen LogP contribution < -0.4 is 5.32 Å². The molecule has 3 rings (SSSR count). The summed E-state index contributed by atoms with van der Waals surface area (Å²) >= 11 is 14.4. The summed E-state index contributed by atoms with van der Waals surface area (Å²) in [5.74, 6) is 0.569. The molecule has 4 nitrogen and oxygen atoms in total. The molecule has 1 unspecified atom stereocenters. The maximum absolute atomic E-state index is 13.6. The van der Waals surface area contributed by atoms with E-state index >= 15 is 0 Å². The fourth-order valence-corrected chi connectivity index (χ4v) is 5.43. The van der Waals surface area contributed by atoms with Crippen LogP contribution in [0.3, 0.4) is 0 Å². The molecule has 0 aliphatic rings. The summed E-state index contributed by atoms with van der Waals surface area (Å²) in [4.78, 5) is 28.2. The lowest BCUT2D eigenvalue weighted by molar-refractivity contribution is -0.139. The summed E-state index contributed by atoms with van der Waals surface area (Å²) < 4.78 is 0. The number of hydrogen-bond donors (Lipinski definition) is 1. The highest BCUT2D eigenvalue weighted by atomic mass is 35.5. The maximum Gasteiger partial charge on any atom is 0.242 e. The van der Waals surface area contributed by atoms with E-state index in [2.05, 4.69) is 37.4 Å². The van der Waals surface area contributed by atoms with Crippen LogP contribution >= 0.6 is 35.0 Å². The minimum Gasteiger partial charge on any atom is -0.357 e. The summed E-state index contributed by atoms with van der Waals surface area (Å²) in [5, 5.41) is 3.66. The van der Waals surface area contributed by atoms with Gasteiger partial charge in [0.15, 0.2) is 0 Å². The van der Waals surface area contributed by atoms with Crippen molar-refractivity contribution in [3.8, 4) is 0 Å². The second-order valence-electron chi connectivity index (χ2n) is 8.53. The predicted molar refractivity (Wildman–Crippen MR) is 147 cm³/mol. The first kappa shape index (κ1) is 27.1. The van der Waals surface area contributed by atoms with E-state index in [1.165, 1.54) is 28.5 Å². The normalized spacial score (nSPS) is 11.7. The highest BCUT2D eigenvalue weighted by molar-refractivity contribution is 7.99. The summed E-state index contributed by atoms with van der Waals surface area (Å²) in [6.45, 7) is 4.28. The van der Waals surface area contributed by atoms with Crippen molar-refractivity contribution in [1.29, 1.82) is 0 Å². The second kappa shape index (κ2) is 13.0. The Morgan fingerprint density at radius 2 is 1.54 bits per heavy atom. The summed E-state index contributed by atoms with van der Waals surface area (Å²) in [6, 6.07) is 20.6. The van der Waals surface area contributed by atoms with Crippen molar-refractivity contribution in [1.82, 2.24) is 10.2 Å². The Labute approximate surface area is 222 Å². The van der Waals surface area contributed by atoms with Crippen LogP contribution in [-0.4, -0.2) is 35.6 Å². The van der Waals surface area contributed by atoms with Crippen LogP contribution in [0.1, 0.15) is 27.8 Å². The van der Waals surface area contributed by atoms with Crippen LogP contribution in [0, 0.1) is 13.8 Å². The monoisotopic (exact) mass is 528 g/mol. The van der Waals surface area contributed by atoms with Crippen LogP contribution in [-0.2, 0) is 28.3 Å². The van der Waals surface area contributed by atoms with Gasteiger partial charge in [-0.05, 0) is 37.1 Å². The molecular weight excluding hydrogens is 499 g/mol. The molecule has 0 saturated carbocycles. The summed E-state index contributed by atoms with van der Waals surface area (Å²) in [5.41, 5.74) is 5.17. The van der Waals surface area contributed by atoms with Crippen molar-refractivity contribution >= 4 is 46.8 Å². The van der Waals surface area contributed by atoms with Crippen molar-refractivity contribution in [3.63, 3.8) is 0 Å². The smallest absolute Gasteiger partial charge is 0.242 e. The van der Waals surface area contributed by atoms with Gasteiger partial charge in [-0.15, -0.1) is 11.8 Å². The lowest BCUT2D eigenvalue weighted by atomic mass is 10.0. The van der Waals surface area contributed by atoms with Gasteiger partial charge in [-0.2, -0.15) is 0 Å². The average molecular weight is 530 g/mol. The van der Waals surface area contributed by atoms with E-state index < -0.39 is 6.04 Å². The zero-order valence-electron chi connectivity index (χ0n) is 20.2. The number of benzene rings is 3. The van der Waals surface area contributed by atoms with Crippen LogP contribution in [0.2, 0.25) is 10.0 Å². The Bertz CT molecular complexity index is 1130.